The molecule has 1 N–H and O–H groups in total. The lowest BCUT2D eigenvalue weighted by Crippen LogP contribution is -1.88. The van der Waals surface area contributed by atoms with Crippen molar-refractivity contribution in [2.24, 2.45) is 4.99 Å². The Balaban J connectivity index is 0. The van der Waals surface area contributed by atoms with Gasteiger partial charge in [0.2, 0.25) is 0 Å². The van der Waals surface area contributed by atoms with Crippen LogP contribution in [0.5, 0.6) is 0 Å². The molecule has 0 aromatic heterocycles. The third-order valence-corrected chi connectivity index (χ3v) is 1.26. The van der Waals surface area contributed by atoms with Gasteiger partial charge in [-0.2, -0.15) is 0 Å². The Hall–Kier alpha value is -1.22. The first-order valence-corrected chi connectivity index (χ1v) is 4.64. The summed E-state index contributed by atoms with van der Waals surface area (Å²) in [5.41, 5.74) is 1.48. The van der Waals surface area contributed by atoms with E-state index in [0.717, 1.165) is 25.5 Å². The SMILES string of the molecule is CC.CC1=NC(C=O)=CC=CC1.CO. The lowest BCUT2D eigenvalue weighted by atomic mass is 10.3. The number of hydrogen-bond donors (Lipinski definition) is 1. The van der Waals surface area contributed by atoms with Crippen LogP contribution in [0.2, 0.25) is 0 Å². The van der Waals surface area contributed by atoms with Crippen LogP contribution in [0.15, 0.2) is 28.9 Å². The van der Waals surface area contributed by atoms with Gasteiger partial charge in [-0.3, -0.25) is 9.79 Å². The van der Waals surface area contributed by atoms with Crippen LogP contribution in [0, 0.1) is 0 Å². The summed E-state index contributed by atoms with van der Waals surface area (Å²) in [5, 5.41) is 7.00. The lowest BCUT2D eigenvalue weighted by Gasteiger charge is -1.90. The second kappa shape index (κ2) is 11.8. The minimum Gasteiger partial charge on any atom is -0.400 e. The highest BCUT2D eigenvalue weighted by Gasteiger charge is 1.94. The second-order valence-corrected chi connectivity index (χ2v) is 2.19. The Labute approximate surface area is 85.9 Å². The summed E-state index contributed by atoms with van der Waals surface area (Å²) in [7, 11) is 1.00. The quantitative estimate of drug-likeness (QED) is 0.654. The third-order valence-electron chi connectivity index (χ3n) is 1.26. The molecule has 0 aliphatic carbocycles. The number of aldehydes is 1. The van der Waals surface area contributed by atoms with Gasteiger partial charge in [-0.1, -0.05) is 26.0 Å². The van der Waals surface area contributed by atoms with Gasteiger partial charge in [0, 0.05) is 19.2 Å². The number of aliphatic imine (C=N–C) groups is 1. The van der Waals surface area contributed by atoms with E-state index < -0.39 is 0 Å². The number of carbonyl (C=O) groups excluding carboxylic acids is 1. The molecule has 0 bridgehead atoms. The topological polar surface area (TPSA) is 49.7 Å². The van der Waals surface area contributed by atoms with Gasteiger partial charge in [-0.25, -0.2) is 0 Å². The number of aliphatic hydroxyl groups excluding tert-OH is 1. The number of carbonyl (C=O) groups is 1. The van der Waals surface area contributed by atoms with Gasteiger partial charge in [0.15, 0.2) is 6.29 Å². The van der Waals surface area contributed by atoms with Crippen molar-refractivity contribution >= 4 is 12.0 Å². The van der Waals surface area contributed by atoms with E-state index in [4.69, 9.17) is 5.11 Å². The smallest absolute Gasteiger partial charge is 0.168 e. The molecule has 1 rings (SSSR count). The second-order valence-electron chi connectivity index (χ2n) is 2.19. The van der Waals surface area contributed by atoms with Crippen LogP contribution in [0.3, 0.4) is 0 Å². The Morgan fingerprint density at radius 3 is 2.50 bits per heavy atom. The summed E-state index contributed by atoms with van der Waals surface area (Å²) in [4.78, 5) is 14.3. The molecule has 0 spiro atoms. The molecule has 0 aromatic carbocycles. The molecule has 14 heavy (non-hydrogen) atoms. The first kappa shape index (κ1) is 15.3. The van der Waals surface area contributed by atoms with Crippen molar-refractivity contribution < 1.29 is 9.90 Å². The largest absolute Gasteiger partial charge is 0.400 e. The molecule has 1 aliphatic rings. The molecule has 80 valence electrons. The Morgan fingerprint density at radius 1 is 1.43 bits per heavy atom. The molecule has 3 heteroatoms. The van der Waals surface area contributed by atoms with Gasteiger partial charge < -0.3 is 5.11 Å². The van der Waals surface area contributed by atoms with E-state index in [0.29, 0.717) is 5.70 Å². The van der Waals surface area contributed by atoms with Crippen LogP contribution in [0.25, 0.3) is 0 Å². The molecular formula is C11H19NO2. The van der Waals surface area contributed by atoms with Gasteiger partial charge >= 0.3 is 0 Å². The average molecular weight is 197 g/mol. The van der Waals surface area contributed by atoms with E-state index >= 15 is 0 Å². The van der Waals surface area contributed by atoms with Crippen LogP contribution < -0.4 is 0 Å². The predicted octanol–water partition coefficient (Wildman–Crippen LogP) is 2.12. The zero-order valence-electron chi connectivity index (χ0n) is 9.32. The normalized spacial score (nSPS) is 13.2. The maximum atomic E-state index is 10.2. The fourth-order valence-corrected chi connectivity index (χ4v) is 0.774. The maximum Gasteiger partial charge on any atom is 0.168 e. The Kier molecular flexibility index (Phi) is 12.8. The van der Waals surface area contributed by atoms with E-state index in [2.05, 4.69) is 4.99 Å². The molecular weight excluding hydrogens is 178 g/mol. The first-order chi connectivity index (χ1) is 6.83. The minimum atomic E-state index is 0.506. The molecule has 0 saturated heterocycles. The molecule has 3 nitrogen and oxygen atoms in total. The Morgan fingerprint density at radius 2 is 2.00 bits per heavy atom. The highest BCUT2D eigenvalue weighted by atomic mass is 16.2. The van der Waals surface area contributed by atoms with Crippen molar-refractivity contribution in [3.05, 3.63) is 23.9 Å². The zero-order valence-corrected chi connectivity index (χ0v) is 9.32. The number of hydrogen-bond acceptors (Lipinski definition) is 3. The van der Waals surface area contributed by atoms with E-state index in [-0.39, 0.29) is 0 Å². The predicted molar refractivity (Wildman–Crippen MR) is 60.5 cm³/mol. The summed E-state index contributed by atoms with van der Waals surface area (Å²) >= 11 is 0. The molecule has 0 amide bonds. The molecule has 0 unspecified atom stereocenters. The van der Waals surface area contributed by atoms with Crippen molar-refractivity contribution in [1.82, 2.24) is 0 Å². The summed E-state index contributed by atoms with van der Waals surface area (Å²) in [6.07, 6.45) is 7.15. The number of rotatable bonds is 1. The van der Waals surface area contributed by atoms with Crippen molar-refractivity contribution in [2.45, 2.75) is 27.2 Å². The van der Waals surface area contributed by atoms with Gasteiger partial charge in [0.25, 0.3) is 0 Å². The van der Waals surface area contributed by atoms with Crippen LogP contribution in [-0.2, 0) is 4.79 Å². The summed E-state index contributed by atoms with van der Waals surface area (Å²) in [6, 6.07) is 0. The van der Waals surface area contributed by atoms with Crippen molar-refractivity contribution in [3.63, 3.8) is 0 Å². The molecule has 0 aromatic rings. The molecule has 1 heterocycles. The zero-order chi connectivity index (χ0) is 11.4. The van der Waals surface area contributed by atoms with Crippen molar-refractivity contribution in [2.75, 3.05) is 7.11 Å². The number of nitrogens with zero attached hydrogens (tertiary/aromatic N) is 1. The summed E-state index contributed by atoms with van der Waals surface area (Å²) in [6.45, 7) is 5.91. The summed E-state index contributed by atoms with van der Waals surface area (Å²) in [5.74, 6) is 0. The van der Waals surface area contributed by atoms with Crippen LogP contribution in [0.1, 0.15) is 27.2 Å². The Bertz CT molecular complexity index is 227. The van der Waals surface area contributed by atoms with Gasteiger partial charge in [-0.15, -0.1) is 0 Å². The number of allylic oxidation sites excluding steroid dienone is 4. The third kappa shape index (κ3) is 7.43. The molecule has 0 fully saturated rings. The number of aliphatic hydroxyl groups is 1. The molecule has 0 saturated carbocycles. The van der Waals surface area contributed by atoms with E-state index in [1.54, 1.807) is 6.08 Å². The minimum absolute atomic E-state index is 0.506. The van der Waals surface area contributed by atoms with E-state index in [1.165, 1.54) is 0 Å². The van der Waals surface area contributed by atoms with E-state index in [9.17, 15) is 4.79 Å². The van der Waals surface area contributed by atoms with E-state index in [1.807, 2.05) is 32.9 Å². The highest BCUT2D eigenvalue weighted by Crippen LogP contribution is 2.02. The fraction of sp³-hybridized carbons (Fsp3) is 0.455. The van der Waals surface area contributed by atoms with Crippen LogP contribution in [0.4, 0.5) is 0 Å². The average Bonchev–Trinajstić information content (AvgIpc) is 2.48. The van der Waals surface area contributed by atoms with Gasteiger partial charge in [-0.05, 0) is 13.0 Å². The first-order valence-electron chi connectivity index (χ1n) is 4.64. The summed E-state index contributed by atoms with van der Waals surface area (Å²) < 4.78 is 0. The van der Waals surface area contributed by atoms with Crippen molar-refractivity contribution in [1.29, 1.82) is 0 Å². The molecule has 0 radical (unpaired) electrons. The maximum absolute atomic E-state index is 10.2. The van der Waals surface area contributed by atoms with Gasteiger partial charge in [0.05, 0.1) is 0 Å². The lowest BCUT2D eigenvalue weighted by molar-refractivity contribution is -0.104. The molecule has 1 aliphatic heterocycles. The standard InChI is InChI=1S/C8H9NO.C2H6.CH4O/c1-7-4-2-3-5-8(6-10)9-7;2*1-2/h2-3,5-6H,4H2,1H3;1-2H3;2H,1H3. The molecule has 0 atom stereocenters. The van der Waals surface area contributed by atoms with Crippen LogP contribution >= 0.6 is 0 Å². The van der Waals surface area contributed by atoms with Gasteiger partial charge in [0.1, 0.15) is 5.70 Å². The fourth-order valence-electron chi connectivity index (χ4n) is 0.774. The van der Waals surface area contributed by atoms with Crippen molar-refractivity contribution in [3.8, 4) is 0 Å². The van der Waals surface area contributed by atoms with Crippen LogP contribution in [-0.4, -0.2) is 24.2 Å². The highest BCUT2D eigenvalue weighted by molar-refractivity contribution is 5.89. The monoisotopic (exact) mass is 197 g/mol.